The van der Waals surface area contributed by atoms with Crippen LogP contribution in [0.3, 0.4) is 0 Å². The van der Waals surface area contributed by atoms with Crippen LogP contribution in [0.1, 0.15) is 68.8 Å². The Balaban J connectivity index is 1.41. The first-order valence-corrected chi connectivity index (χ1v) is 12.6. The maximum atomic E-state index is 13.7. The second kappa shape index (κ2) is 9.37. The molecule has 2 fully saturated rings. The van der Waals surface area contributed by atoms with E-state index < -0.39 is 5.54 Å². The number of nitrogens with one attached hydrogen (secondary N) is 1. The number of fused-ring (bicyclic) bond motifs is 1. The van der Waals surface area contributed by atoms with Crippen molar-refractivity contribution in [3.63, 3.8) is 0 Å². The summed E-state index contributed by atoms with van der Waals surface area (Å²) in [6.07, 6.45) is 10.6. The molecule has 2 aromatic heterocycles. The zero-order valence-electron chi connectivity index (χ0n) is 19.7. The fourth-order valence-corrected chi connectivity index (χ4v) is 5.81. The van der Waals surface area contributed by atoms with Crippen molar-refractivity contribution in [3.05, 3.63) is 36.2 Å². The lowest BCUT2D eigenvalue weighted by molar-refractivity contribution is -0.133. The summed E-state index contributed by atoms with van der Waals surface area (Å²) in [6, 6.07) is 7.75. The SMILES string of the molecule is CC1(C(=O)NC2CCCCC2)Cn2c(ccc2-c2ccco2)C(=O)N1CCCN1CCCC1. The normalized spacial score (nSPS) is 24.3. The van der Waals surface area contributed by atoms with E-state index in [1.807, 2.05) is 40.7 Å². The summed E-state index contributed by atoms with van der Waals surface area (Å²) in [7, 11) is 0. The molecule has 2 amide bonds. The fraction of sp³-hybridized carbons (Fsp3) is 0.615. The van der Waals surface area contributed by atoms with Crippen molar-refractivity contribution in [2.45, 2.75) is 76.4 Å². The van der Waals surface area contributed by atoms with Gasteiger partial charge in [0.15, 0.2) is 0 Å². The van der Waals surface area contributed by atoms with Crippen LogP contribution in [0.2, 0.25) is 0 Å². The molecule has 1 N–H and O–H groups in total. The van der Waals surface area contributed by atoms with Crippen LogP contribution >= 0.6 is 0 Å². The standard InChI is InChI=1S/C26H36N4O3/c1-26(25(32)27-20-9-3-2-4-10-20)19-29-21(23-11-7-18-33-23)12-13-22(29)24(31)30(26)17-8-16-28-14-5-6-15-28/h7,11-13,18,20H,2-6,8-10,14-17,19H2,1H3,(H,27,32). The topological polar surface area (TPSA) is 70.7 Å². The van der Waals surface area contributed by atoms with Gasteiger partial charge in [0.25, 0.3) is 5.91 Å². The summed E-state index contributed by atoms with van der Waals surface area (Å²) in [5.41, 5.74) is 0.537. The van der Waals surface area contributed by atoms with Gasteiger partial charge >= 0.3 is 0 Å². The predicted octanol–water partition coefficient (Wildman–Crippen LogP) is 3.90. The average molecular weight is 453 g/mol. The van der Waals surface area contributed by atoms with Gasteiger partial charge in [-0.2, -0.15) is 0 Å². The van der Waals surface area contributed by atoms with Crippen LogP contribution in [0.15, 0.2) is 34.9 Å². The Morgan fingerprint density at radius 2 is 1.82 bits per heavy atom. The fourth-order valence-electron chi connectivity index (χ4n) is 5.81. The Hall–Kier alpha value is -2.54. The van der Waals surface area contributed by atoms with Crippen LogP contribution < -0.4 is 5.32 Å². The second-order valence-corrected chi connectivity index (χ2v) is 10.1. The van der Waals surface area contributed by atoms with Crippen LogP contribution in [-0.4, -0.2) is 63.9 Å². The van der Waals surface area contributed by atoms with Gasteiger partial charge in [-0.3, -0.25) is 9.59 Å². The summed E-state index contributed by atoms with van der Waals surface area (Å²) in [5, 5.41) is 3.31. The van der Waals surface area contributed by atoms with E-state index in [9.17, 15) is 9.59 Å². The van der Waals surface area contributed by atoms with Crippen molar-refractivity contribution in [1.82, 2.24) is 19.7 Å². The molecule has 178 valence electrons. The quantitative estimate of drug-likeness (QED) is 0.692. The Labute approximate surface area is 196 Å². The summed E-state index contributed by atoms with van der Waals surface area (Å²) in [4.78, 5) is 31.8. The number of likely N-dealkylation sites (tertiary alicyclic amines) is 1. The molecule has 1 unspecified atom stereocenters. The van der Waals surface area contributed by atoms with Gasteiger partial charge in [0.2, 0.25) is 5.91 Å². The lowest BCUT2D eigenvalue weighted by atomic mass is 9.91. The second-order valence-electron chi connectivity index (χ2n) is 10.1. The van der Waals surface area contributed by atoms with Crippen molar-refractivity contribution >= 4 is 11.8 Å². The highest BCUT2D eigenvalue weighted by atomic mass is 16.3. The maximum Gasteiger partial charge on any atom is 0.271 e. The predicted molar refractivity (Wildman–Crippen MR) is 127 cm³/mol. The van der Waals surface area contributed by atoms with Crippen LogP contribution in [0.4, 0.5) is 0 Å². The molecule has 7 nitrogen and oxygen atoms in total. The minimum absolute atomic E-state index is 0.0336. The average Bonchev–Trinajstić information content (AvgIpc) is 3.58. The van der Waals surface area contributed by atoms with E-state index in [0.29, 0.717) is 24.5 Å². The van der Waals surface area contributed by atoms with Crippen LogP contribution in [0.25, 0.3) is 11.5 Å². The molecule has 0 bridgehead atoms. The summed E-state index contributed by atoms with van der Waals surface area (Å²) in [6.45, 7) is 6.21. The van der Waals surface area contributed by atoms with E-state index in [-0.39, 0.29) is 17.9 Å². The van der Waals surface area contributed by atoms with Gasteiger partial charge in [-0.15, -0.1) is 0 Å². The molecule has 4 heterocycles. The molecule has 1 atom stereocenters. The van der Waals surface area contributed by atoms with Crippen molar-refractivity contribution in [2.75, 3.05) is 26.2 Å². The molecule has 1 aliphatic carbocycles. The lowest BCUT2D eigenvalue weighted by Crippen LogP contribution is -2.65. The Kier molecular flexibility index (Phi) is 6.32. The van der Waals surface area contributed by atoms with Crippen LogP contribution in [-0.2, 0) is 11.3 Å². The Morgan fingerprint density at radius 3 is 2.55 bits per heavy atom. The number of nitrogens with zero attached hydrogens (tertiary/aromatic N) is 3. The first-order chi connectivity index (χ1) is 16.1. The van der Waals surface area contributed by atoms with E-state index >= 15 is 0 Å². The molecule has 0 spiro atoms. The molecule has 1 saturated heterocycles. The molecule has 7 heteroatoms. The molecule has 0 aromatic carbocycles. The van der Waals surface area contributed by atoms with E-state index in [2.05, 4.69) is 10.2 Å². The van der Waals surface area contributed by atoms with Gasteiger partial charge < -0.3 is 24.1 Å². The molecular weight excluding hydrogens is 416 g/mol. The van der Waals surface area contributed by atoms with E-state index in [1.54, 1.807) is 6.26 Å². The van der Waals surface area contributed by atoms with Gasteiger partial charge in [0.1, 0.15) is 17.0 Å². The number of furan rings is 1. The molecule has 1 saturated carbocycles. The third-order valence-corrected chi connectivity index (χ3v) is 7.76. The number of carbonyl (C=O) groups is 2. The number of hydrogen-bond acceptors (Lipinski definition) is 4. The molecule has 3 aliphatic rings. The van der Waals surface area contributed by atoms with Gasteiger partial charge in [-0.05, 0) is 82.9 Å². The Bertz CT molecular complexity index is 970. The molecule has 0 radical (unpaired) electrons. The number of hydrogen-bond donors (Lipinski definition) is 1. The van der Waals surface area contributed by atoms with Crippen molar-refractivity contribution in [2.24, 2.45) is 0 Å². The number of aromatic nitrogens is 1. The first-order valence-electron chi connectivity index (χ1n) is 12.6. The van der Waals surface area contributed by atoms with Crippen molar-refractivity contribution in [1.29, 1.82) is 0 Å². The zero-order chi connectivity index (χ0) is 22.8. The highest BCUT2D eigenvalue weighted by molar-refractivity contribution is 6.00. The summed E-state index contributed by atoms with van der Waals surface area (Å²) < 4.78 is 7.60. The smallest absolute Gasteiger partial charge is 0.271 e. The van der Waals surface area contributed by atoms with Gasteiger partial charge in [0, 0.05) is 12.6 Å². The number of rotatable bonds is 7. The van der Waals surface area contributed by atoms with Gasteiger partial charge in [-0.25, -0.2) is 0 Å². The third kappa shape index (κ3) is 4.35. The lowest BCUT2D eigenvalue weighted by Gasteiger charge is -2.45. The first kappa shape index (κ1) is 22.3. The number of amides is 2. The largest absolute Gasteiger partial charge is 0.463 e. The monoisotopic (exact) mass is 452 g/mol. The molecule has 2 aromatic rings. The molecule has 2 aliphatic heterocycles. The number of carbonyl (C=O) groups excluding carboxylic acids is 2. The maximum absolute atomic E-state index is 13.7. The highest BCUT2D eigenvalue weighted by Gasteiger charge is 2.48. The zero-order valence-corrected chi connectivity index (χ0v) is 19.7. The van der Waals surface area contributed by atoms with E-state index in [0.717, 1.165) is 57.4 Å². The van der Waals surface area contributed by atoms with Crippen LogP contribution in [0, 0.1) is 0 Å². The third-order valence-electron chi connectivity index (χ3n) is 7.76. The Morgan fingerprint density at radius 1 is 1.06 bits per heavy atom. The summed E-state index contributed by atoms with van der Waals surface area (Å²) in [5.74, 6) is 0.613. The minimum atomic E-state index is -0.938. The molecular formula is C26H36N4O3. The van der Waals surface area contributed by atoms with E-state index in [1.165, 1.54) is 19.3 Å². The minimum Gasteiger partial charge on any atom is -0.463 e. The molecule has 33 heavy (non-hydrogen) atoms. The van der Waals surface area contributed by atoms with Crippen molar-refractivity contribution in [3.8, 4) is 11.5 Å². The van der Waals surface area contributed by atoms with E-state index in [4.69, 9.17) is 4.42 Å². The van der Waals surface area contributed by atoms with Gasteiger partial charge in [0.05, 0.1) is 18.5 Å². The highest BCUT2D eigenvalue weighted by Crippen LogP contribution is 2.34. The van der Waals surface area contributed by atoms with Crippen molar-refractivity contribution < 1.29 is 14.0 Å². The van der Waals surface area contributed by atoms with Crippen LogP contribution in [0.5, 0.6) is 0 Å². The van der Waals surface area contributed by atoms with Gasteiger partial charge in [-0.1, -0.05) is 19.3 Å². The molecule has 5 rings (SSSR count). The summed E-state index contributed by atoms with van der Waals surface area (Å²) >= 11 is 0.